The maximum absolute atomic E-state index is 11.5. The summed E-state index contributed by atoms with van der Waals surface area (Å²) in [6, 6.07) is 13.3. The maximum atomic E-state index is 11.5. The van der Waals surface area contributed by atoms with E-state index < -0.39 is 11.9 Å². The first-order chi connectivity index (χ1) is 13.8. The molecule has 29 heavy (non-hydrogen) atoms. The number of rotatable bonds is 4. The summed E-state index contributed by atoms with van der Waals surface area (Å²) in [5, 5.41) is 19.4. The van der Waals surface area contributed by atoms with E-state index in [0.29, 0.717) is 21.7 Å². The SMILES string of the molecule is Cc1cc(C(N)=O)ccc1-n1c(-c2ccc(O)cc2Cl)cc2sc(C(=O)O)cc21. The molecule has 0 radical (unpaired) electrons. The van der Waals surface area contributed by atoms with Crippen molar-refractivity contribution in [2.75, 3.05) is 0 Å². The van der Waals surface area contributed by atoms with Gasteiger partial charge in [-0.2, -0.15) is 0 Å². The first-order valence-electron chi connectivity index (χ1n) is 8.54. The van der Waals surface area contributed by atoms with Crippen LogP contribution in [0.2, 0.25) is 5.02 Å². The molecular formula is C21H15ClN2O4S. The average molecular weight is 427 g/mol. The molecule has 0 fully saturated rings. The third-order valence-corrected chi connectivity index (χ3v) is 6.02. The molecule has 0 unspecified atom stereocenters. The largest absolute Gasteiger partial charge is 0.508 e. The highest BCUT2D eigenvalue weighted by molar-refractivity contribution is 7.20. The molecule has 146 valence electrons. The molecular weight excluding hydrogens is 412 g/mol. The van der Waals surface area contributed by atoms with Crippen LogP contribution in [-0.4, -0.2) is 26.7 Å². The minimum Gasteiger partial charge on any atom is -0.508 e. The number of carbonyl (C=O) groups excluding carboxylic acids is 1. The lowest BCUT2D eigenvalue weighted by Gasteiger charge is -2.15. The number of halogens is 1. The van der Waals surface area contributed by atoms with Gasteiger partial charge in [-0.25, -0.2) is 4.79 Å². The van der Waals surface area contributed by atoms with Crippen LogP contribution in [0.4, 0.5) is 0 Å². The number of aromatic carboxylic acids is 1. The number of aromatic hydroxyl groups is 1. The molecule has 1 amide bonds. The predicted molar refractivity (Wildman–Crippen MR) is 113 cm³/mol. The van der Waals surface area contributed by atoms with Gasteiger partial charge in [0.15, 0.2) is 0 Å². The van der Waals surface area contributed by atoms with Crippen molar-refractivity contribution >= 4 is 45.0 Å². The quantitative estimate of drug-likeness (QED) is 0.434. The lowest BCUT2D eigenvalue weighted by molar-refractivity contribution is 0.0702. The smallest absolute Gasteiger partial charge is 0.345 e. The minimum absolute atomic E-state index is 0.0498. The number of primary amides is 1. The van der Waals surface area contributed by atoms with Gasteiger partial charge < -0.3 is 20.5 Å². The molecule has 0 aliphatic heterocycles. The number of phenols is 1. The van der Waals surface area contributed by atoms with Crippen molar-refractivity contribution in [2.24, 2.45) is 5.73 Å². The van der Waals surface area contributed by atoms with E-state index in [2.05, 4.69) is 0 Å². The summed E-state index contributed by atoms with van der Waals surface area (Å²) < 4.78 is 2.68. The van der Waals surface area contributed by atoms with E-state index >= 15 is 0 Å². The van der Waals surface area contributed by atoms with Crippen LogP contribution in [0, 0.1) is 6.92 Å². The Hall–Kier alpha value is -3.29. The van der Waals surface area contributed by atoms with E-state index in [1.54, 1.807) is 36.4 Å². The summed E-state index contributed by atoms with van der Waals surface area (Å²) in [6.07, 6.45) is 0. The Morgan fingerprint density at radius 1 is 1.10 bits per heavy atom. The van der Waals surface area contributed by atoms with E-state index in [4.69, 9.17) is 17.3 Å². The Morgan fingerprint density at radius 3 is 2.48 bits per heavy atom. The van der Waals surface area contributed by atoms with Crippen molar-refractivity contribution in [1.82, 2.24) is 4.57 Å². The van der Waals surface area contributed by atoms with Gasteiger partial charge >= 0.3 is 5.97 Å². The number of hydrogen-bond donors (Lipinski definition) is 3. The fraction of sp³-hybridized carbons (Fsp3) is 0.0476. The van der Waals surface area contributed by atoms with E-state index in [1.807, 2.05) is 17.6 Å². The average Bonchev–Trinajstić information content (AvgIpc) is 3.20. The molecule has 6 nitrogen and oxygen atoms in total. The Labute approximate surface area is 174 Å². The van der Waals surface area contributed by atoms with Gasteiger partial charge in [0.25, 0.3) is 0 Å². The third-order valence-electron chi connectivity index (χ3n) is 4.65. The molecule has 4 aromatic rings. The Kier molecular flexibility index (Phi) is 4.56. The zero-order valence-electron chi connectivity index (χ0n) is 15.1. The van der Waals surface area contributed by atoms with Crippen LogP contribution >= 0.6 is 22.9 Å². The summed E-state index contributed by atoms with van der Waals surface area (Å²) in [5.41, 5.74) is 9.45. The van der Waals surface area contributed by atoms with Crippen molar-refractivity contribution in [3.05, 3.63) is 69.6 Å². The summed E-state index contributed by atoms with van der Waals surface area (Å²) in [4.78, 5) is 23.2. The Balaban J connectivity index is 2.04. The number of aromatic nitrogens is 1. The van der Waals surface area contributed by atoms with E-state index in [-0.39, 0.29) is 10.6 Å². The number of carboxylic acids is 1. The van der Waals surface area contributed by atoms with E-state index in [1.165, 1.54) is 17.4 Å². The first-order valence-corrected chi connectivity index (χ1v) is 9.74. The van der Waals surface area contributed by atoms with Crippen molar-refractivity contribution in [2.45, 2.75) is 6.92 Å². The highest BCUT2D eigenvalue weighted by Gasteiger charge is 2.20. The number of thiophene rings is 1. The second-order valence-electron chi connectivity index (χ2n) is 6.56. The number of hydrogen-bond acceptors (Lipinski definition) is 4. The number of phenolic OH excluding ortho intramolecular Hbond substituents is 1. The number of aryl methyl sites for hydroxylation is 1. The van der Waals surface area contributed by atoms with Crippen LogP contribution in [0.25, 0.3) is 27.2 Å². The number of nitrogens with two attached hydrogens (primary N) is 1. The monoisotopic (exact) mass is 426 g/mol. The molecule has 0 aliphatic carbocycles. The van der Waals surface area contributed by atoms with Crippen LogP contribution in [0.15, 0.2) is 48.5 Å². The highest BCUT2D eigenvalue weighted by atomic mass is 35.5. The van der Waals surface area contributed by atoms with Gasteiger partial charge in [0, 0.05) is 16.8 Å². The van der Waals surface area contributed by atoms with Crippen molar-refractivity contribution in [1.29, 1.82) is 0 Å². The van der Waals surface area contributed by atoms with Crippen LogP contribution in [0.3, 0.4) is 0 Å². The number of nitrogens with zero attached hydrogens (tertiary/aromatic N) is 1. The molecule has 0 saturated carbocycles. The highest BCUT2D eigenvalue weighted by Crippen LogP contribution is 2.40. The van der Waals surface area contributed by atoms with E-state index in [0.717, 1.165) is 21.6 Å². The molecule has 4 rings (SSSR count). The number of carbonyl (C=O) groups is 2. The standard InChI is InChI=1S/C21H15ClN2O4S/c1-10-6-11(20(23)26)2-5-15(10)24-16(13-4-3-12(25)7-14(13)22)8-18-17(24)9-19(29-18)21(27)28/h2-9,25H,1H3,(H2,23,26)(H,27,28). The molecule has 0 saturated heterocycles. The van der Waals surface area contributed by atoms with Gasteiger partial charge in [0.05, 0.1) is 20.9 Å². The zero-order chi connectivity index (χ0) is 20.9. The summed E-state index contributed by atoms with van der Waals surface area (Å²) in [5.74, 6) is -1.47. The lowest BCUT2D eigenvalue weighted by atomic mass is 10.1. The lowest BCUT2D eigenvalue weighted by Crippen LogP contribution is -2.11. The normalized spacial score (nSPS) is 11.1. The number of carboxylic acid groups (broad SMARTS) is 1. The van der Waals surface area contributed by atoms with Crippen LogP contribution < -0.4 is 5.73 Å². The van der Waals surface area contributed by atoms with Crippen molar-refractivity contribution < 1.29 is 19.8 Å². The van der Waals surface area contributed by atoms with Gasteiger partial charge in [-0.05, 0) is 61.0 Å². The fourth-order valence-electron chi connectivity index (χ4n) is 3.33. The molecule has 0 atom stereocenters. The van der Waals surface area contributed by atoms with Crippen molar-refractivity contribution in [3.8, 4) is 22.7 Å². The third kappa shape index (κ3) is 3.24. The molecule has 0 aliphatic rings. The molecule has 2 aromatic heterocycles. The zero-order valence-corrected chi connectivity index (χ0v) is 16.7. The first kappa shape index (κ1) is 19.0. The van der Waals surface area contributed by atoms with Crippen LogP contribution in [-0.2, 0) is 0 Å². The second-order valence-corrected chi connectivity index (χ2v) is 8.05. The molecule has 8 heteroatoms. The molecule has 4 N–H and O–H groups in total. The van der Waals surface area contributed by atoms with Gasteiger partial charge in [0.1, 0.15) is 10.6 Å². The predicted octanol–water partition coefficient (Wildman–Crippen LogP) is 4.82. The fourth-order valence-corrected chi connectivity index (χ4v) is 4.52. The van der Waals surface area contributed by atoms with E-state index in [9.17, 15) is 19.8 Å². The van der Waals surface area contributed by atoms with Gasteiger partial charge in [0.2, 0.25) is 5.91 Å². The topological polar surface area (TPSA) is 106 Å². The van der Waals surface area contributed by atoms with Gasteiger partial charge in [-0.3, -0.25) is 4.79 Å². The number of fused-ring (bicyclic) bond motifs is 1. The molecule has 2 aromatic carbocycles. The van der Waals surface area contributed by atoms with Gasteiger partial charge in [-0.15, -0.1) is 11.3 Å². The van der Waals surface area contributed by atoms with Crippen LogP contribution in [0.5, 0.6) is 5.75 Å². The number of benzene rings is 2. The summed E-state index contributed by atoms with van der Waals surface area (Å²) in [7, 11) is 0. The van der Waals surface area contributed by atoms with Crippen molar-refractivity contribution in [3.63, 3.8) is 0 Å². The summed E-state index contributed by atoms with van der Waals surface area (Å²) in [6.45, 7) is 1.85. The summed E-state index contributed by atoms with van der Waals surface area (Å²) >= 11 is 7.55. The molecule has 2 heterocycles. The minimum atomic E-state index is -0.997. The van der Waals surface area contributed by atoms with Crippen LogP contribution in [0.1, 0.15) is 25.6 Å². The molecule has 0 bridgehead atoms. The second kappa shape index (κ2) is 6.95. The molecule has 0 spiro atoms. The maximum Gasteiger partial charge on any atom is 0.345 e. The Morgan fingerprint density at radius 2 is 1.86 bits per heavy atom. The number of amides is 1. The Bertz CT molecular complexity index is 1310. The van der Waals surface area contributed by atoms with Gasteiger partial charge in [-0.1, -0.05) is 11.6 Å².